The van der Waals surface area contributed by atoms with E-state index >= 15 is 0 Å². The van der Waals surface area contributed by atoms with Crippen molar-refractivity contribution in [2.24, 2.45) is 5.73 Å². The summed E-state index contributed by atoms with van der Waals surface area (Å²) in [5, 5.41) is 5.28. The Bertz CT molecular complexity index is 1100. The molecule has 3 aromatic carbocycles. The van der Waals surface area contributed by atoms with Crippen LogP contribution in [0.2, 0.25) is 0 Å². The zero-order chi connectivity index (χ0) is 16.8. The number of ether oxygens (including phenoxy) is 1. The molecule has 1 saturated carbocycles. The van der Waals surface area contributed by atoms with Gasteiger partial charge in [-0.15, -0.1) is 0 Å². The molecular weight excluding hydrogens is 421 g/mol. The molecule has 0 spiro atoms. The summed E-state index contributed by atoms with van der Waals surface area (Å²) in [6.45, 7) is 0. The minimum atomic E-state index is -0.769. The van der Waals surface area contributed by atoms with Crippen LogP contribution in [0.5, 0.6) is 5.75 Å². The highest BCUT2D eigenvalue weighted by atomic mass is 127. The minimum Gasteiger partial charge on any atom is -0.459 e. The third-order valence-electron chi connectivity index (χ3n) is 6.25. The molecule has 6 rings (SSSR count). The van der Waals surface area contributed by atoms with Crippen molar-refractivity contribution in [3.8, 4) is 5.75 Å². The topological polar surface area (TPSA) is 35.2 Å². The zero-order valence-electron chi connectivity index (χ0n) is 13.8. The molecule has 0 saturated heterocycles. The van der Waals surface area contributed by atoms with Gasteiger partial charge in [0.1, 0.15) is 5.75 Å². The second-order valence-corrected chi connectivity index (χ2v) is 9.31. The Morgan fingerprint density at radius 1 is 1.00 bits per heavy atom. The Morgan fingerprint density at radius 3 is 2.68 bits per heavy atom. The normalized spacial score (nSPS) is 29.0. The van der Waals surface area contributed by atoms with Crippen LogP contribution in [0.15, 0.2) is 42.5 Å². The van der Waals surface area contributed by atoms with Crippen LogP contribution >= 0.6 is 22.6 Å². The predicted octanol–water partition coefficient (Wildman–Crippen LogP) is 5.81. The largest absolute Gasteiger partial charge is 0.459 e. The molecule has 0 aromatic heterocycles. The molecule has 3 atom stereocenters. The number of hydrogen-bond donors (Lipinski definition) is 1. The van der Waals surface area contributed by atoms with Crippen LogP contribution in [-0.2, 0) is 0 Å². The van der Waals surface area contributed by atoms with Crippen LogP contribution in [0, 0.1) is 0 Å². The van der Waals surface area contributed by atoms with E-state index in [1.54, 1.807) is 11.1 Å². The molecule has 2 N–H and O–H groups in total. The molecule has 2 bridgehead atoms. The summed E-state index contributed by atoms with van der Waals surface area (Å²) in [6, 6.07) is 13.2. The Labute approximate surface area is 160 Å². The van der Waals surface area contributed by atoms with Crippen LogP contribution in [0.1, 0.15) is 47.8 Å². The lowest BCUT2D eigenvalue weighted by atomic mass is 9.82. The summed E-state index contributed by atoms with van der Waals surface area (Å²) < 4.78 is 5.52. The van der Waals surface area contributed by atoms with Gasteiger partial charge in [-0.2, -0.15) is 0 Å². The lowest BCUT2D eigenvalue weighted by molar-refractivity contribution is 0.240. The Balaban J connectivity index is 1.84. The van der Waals surface area contributed by atoms with E-state index in [1.807, 2.05) is 6.08 Å². The fraction of sp³-hybridized carbons (Fsp3) is 0.273. The molecule has 3 aromatic rings. The minimum absolute atomic E-state index is 0.685. The molecule has 25 heavy (non-hydrogen) atoms. The first-order chi connectivity index (χ1) is 12.1. The third kappa shape index (κ3) is 1.88. The average molecular weight is 439 g/mol. The number of nitrogens with two attached hydrogens (primary N) is 1. The fourth-order valence-corrected chi connectivity index (χ4v) is 5.73. The zero-order valence-corrected chi connectivity index (χ0v) is 15.9. The summed E-state index contributed by atoms with van der Waals surface area (Å²) in [5.74, 6) is 2.37. The van der Waals surface area contributed by atoms with Crippen LogP contribution < -0.4 is 10.5 Å². The maximum atomic E-state index is 6.30. The number of benzene rings is 3. The molecule has 2 aliphatic carbocycles. The van der Waals surface area contributed by atoms with Crippen LogP contribution in [0.3, 0.4) is 0 Å². The molecule has 1 aliphatic heterocycles. The van der Waals surface area contributed by atoms with Crippen molar-refractivity contribution >= 4 is 50.2 Å². The Hall–Kier alpha value is -1.59. The molecule has 0 amide bonds. The van der Waals surface area contributed by atoms with Gasteiger partial charge < -0.3 is 4.74 Å². The second kappa shape index (κ2) is 4.77. The first-order valence-electron chi connectivity index (χ1n) is 8.99. The van der Waals surface area contributed by atoms with Gasteiger partial charge in [0.05, 0.1) is 0 Å². The van der Waals surface area contributed by atoms with Gasteiger partial charge in [0.15, 0.2) is 0 Å². The van der Waals surface area contributed by atoms with Gasteiger partial charge in [0, 0.05) is 10.9 Å². The van der Waals surface area contributed by atoms with Crippen LogP contribution in [0.4, 0.5) is 0 Å². The van der Waals surface area contributed by atoms with Gasteiger partial charge in [-0.1, -0.05) is 30.3 Å². The smallest absolute Gasteiger partial charge is 0.229 e. The molecule has 1 heterocycles. The molecule has 124 valence electrons. The Kier molecular flexibility index (Phi) is 2.78. The van der Waals surface area contributed by atoms with Gasteiger partial charge in [0.25, 0.3) is 0 Å². The van der Waals surface area contributed by atoms with E-state index in [-0.39, 0.29) is 0 Å². The van der Waals surface area contributed by atoms with Crippen LogP contribution in [0.25, 0.3) is 27.6 Å². The highest BCUT2D eigenvalue weighted by Crippen LogP contribution is 2.60. The van der Waals surface area contributed by atoms with Crippen LogP contribution in [-0.4, -0.2) is 3.73 Å². The van der Waals surface area contributed by atoms with Gasteiger partial charge in [-0.05, 0) is 99.2 Å². The maximum Gasteiger partial charge on any atom is 0.229 e. The van der Waals surface area contributed by atoms with Gasteiger partial charge >= 0.3 is 0 Å². The molecule has 2 nitrogen and oxygen atoms in total. The van der Waals surface area contributed by atoms with E-state index in [0.717, 1.165) is 5.75 Å². The number of rotatable bonds is 0. The van der Waals surface area contributed by atoms with Crippen molar-refractivity contribution in [3.05, 3.63) is 59.2 Å². The third-order valence-corrected chi connectivity index (χ3v) is 6.83. The van der Waals surface area contributed by atoms with E-state index in [4.69, 9.17) is 10.5 Å². The summed E-state index contributed by atoms with van der Waals surface area (Å²) in [7, 11) is 0. The van der Waals surface area contributed by atoms with Crippen molar-refractivity contribution in [3.63, 3.8) is 0 Å². The average Bonchev–Trinajstić information content (AvgIpc) is 3.22. The molecule has 3 unspecified atom stereocenters. The van der Waals surface area contributed by atoms with Crippen molar-refractivity contribution < 1.29 is 4.74 Å². The number of fused-ring (bicyclic) bond motifs is 12. The molecule has 1 fully saturated rings. The molecule has 3 aliphatic rings. The fourth-order valence-electron chi connectivity index (χ4n) is 5.33. The van der Waals surface area contributed by atoms with Crippen molar-refractivity contribution in [2.45, 2.75) is 34.8 Å². The standard InChI is InChI=1S/C22H18INO/c23-22(24)10-9-17-18-13-5-6-14(11-13)19(18)20-15-4-2-1-3-12(15)7-8-16(20)21(17)25-22/h1-4,7-10,13-14H,5-6,11,24H2. The maximum absolute atomic E-state index is 6.30. The van der Waals surface area contributed by atoms with Gasteiger partial charge in [0.2, 0.25) is 3.73 Å². The summed E-state index contributed by atoms with van der Waals surface area (Å²) in [4.78, 5) is 0. The van der Waals surface area contributed by atoms with E-state index in [1.165, 1.54) is 46.4 Å². The Morgan fingerprint density at radius 2 is 1.80 bits per heavy atom. The second-order valence-electron chi connectivity index (χ2n) is 7.62. The highest BCUT2D eigenvalue weighted by Gasteiger charge is 2.42. The summed E-state index contributed by atoms with van der Waals surface area (Å²) >= 11 is 2.18. The van der Waals surface area contributed by atoms with Crippen molar-refractivity contribution in [2.75, 3.05) is 0 Å². The van der Waals surface area contributed by atoms with E-state index in [9.17, 15) is 0 Å². The van der Waals surface area contributed by atoms with Gasteiger partial charge in [-0.3, -0.25) is 5.73 Å². The molecule has 0 radical (unpaired) electrons. The molecular formula is C22H18INO. The summed E-state index contributed by atoms with van der Waals surface area (Å²) in [5.41, 5.74) is 10.7. The van der Waals surface area contributed by atoms with Crippen molar-refractivity contribution in [1.82, 2.24) is 0 Å². The lowest BCUT2D eigenvalue weighted by Gasteiger charge is -2.31. The predicted molar refractivity (Wildman–Crippen MR) is 111 cm³/mol. The SMILES string of the molecule is NC1(I)C=Cc2c3c(c4c(ccc5ccccc54)c2O1)C1CCC3C1. The highest BCUT2D eigenvalue weighted by molar-refractivity contribution is 14.1. The van der Waals surface area contributed by atoms with Gasteiger partial charge in [-0.25, -0.2) is 0 Å². The van der Waals surface area contributed by atoms with E-state index in [0.29, 0.717) is 11.8 Å². The number of hydrogen-bond acceptors (Lipinski definition) is 2. The number of alkyl halides is 1. The molecule has 3 heteroatoms. The van der Waals surface area contributed by atoms with E-state index in [2.05, 4.69) is 65.1 Å². The first kappa shape index (κ1) is 14.6. The lowest BCUT2D eigenvalue weighted by Crippen LogP contribution is -2.38. The quantitative estimate of drug-likeness (QED) is 0.208. The van der Waals surface area contributed by atoms with E-state index < -0.39 is 3.73 Å². The first-order valence-corrected chi connectivity index (χ1v) is 10.1. The van der Waals surface area contributed by atoms with Crippen molar-refractivity contribution in [1.29, 1.82) is 0 Å². The monoisotopic (exact) mass is 439 g/mol. The number of halogens is 1. The summed E-state index contributed by atoms with van der Waals surface area (Å²) in [6.07, 6.45) is 8.14.